The van der Waals surface area contributed by atoms with Gasteiger partial charge >= 0.3 is 5.97 Å². The van der Waals surface area contributed by atoms with Crippen LogP contribution in [0.4, 0.5) is 0 Å². The highest BCUT2D eigenvalue weighted by Crippen LogP contribution is 2.73. The van der Waals surface area contributed by atoms with E-state index in [-0.39, 0.29) is 30.0 Å². The summed E-state index contributed by atoms with van der Waals surface area (Å²) in [5.74, 6) is 0.460. The maximum atomic E-state index is 13.9. The van der Waals surface area contributed by atoms with Gasteiger partial charge in [-0.05, 0) is 104 Å². The summed E-state index contributed by atoms with van der Waals surface area (Å²) in [7, 11) is 0. The van der Waals surface area contributed by atoms with Crippen molar-refractivity contribution in [2.24, 2.45) is 45.3 Å². The predicted octanol–water partition coefficient (Wildman–Crippen LogP) is 2.54. The Morgan fingerprint density at radius 1 is 0.746 bits per heavy atom. The smallest absolute Gasteiger partial charge is 0.314 e. The molecule has 0 aromatic rings. The molecule has 63 heavy (non-hydrogen) atoms. The van der Waals surface area contributed by atoms with Gasteiger partial charge in [-0.1, -0.05) is 71.8 Å². The monoisotopic (exact) mass is 897 g/mol. The number of carboxylic acid groups (broad SMARTS) is 1. The quantitative estimate of drug-likeness (QED) is 0.121. The van der Waals surface area contributed by atoms with Crippen molar-refractivity contribution in [3.63, 3.8) is 0 Å². The summed E-state index contributed by atoms with van der Waals surface area (Å²) < 4.78 is 36.6. The van der Waals surface area contributed by atoms with Gasteiger partial charge in [-0.15, -0.1) is 0 Å². The van der Waals surface area contributed by atoms with Crippen LogP contribution >= 0.6 is 0 Å². The third kappa shape index (κ3) is 8.31. The van der Waals surface area contributed by atoms with Crippen molar-refractivity contribution in [3.05, 3.63) is 23.3 Å². The molecule has 360 valence electrons. The fourth-order valence-electron chi connectivity index (χ4n) is 13.6. The van der Waals surface area contributed by atoms with Crippen molar-refractivity contribution >= 4 is 5.97 Å². The fourth-order valence-corrected chi connectivity index (χ4v) is 13.6. The molecule has 16 heteroatoms. The van der Waals surface area contributed by atoms with Crippen molar-refractivity contribution in [2.45, 2.75) is 199 Å². The van der Waals surface area contributed by atoms with Gasteiger partial charge in [-0.2, -0.15) is 0 Å². The Morgan fingerprint density at radius 2 is 1.40 bits per heavy atom. The first-order valence-electron chi connectivity index (χ1n) is 23.4. The second-order valence-electron chi connectivity index (χ2n) is 21.5. The highest BCUT2D eigenvalue weighted by molar-refractivity contribution is 5.82. The first kappa shape index (κ1) is 49.3. The second kappa shape index (κ2) is 18.5. The van der Waals surface area contributed by atoms with E-state index in [1.807, 2.05) is 0 Å². The molecule has 3 saturated heterocycles. The second-order valence-corrected chi connectivity index (χ2v) is 21.5. The van der Waals surface area contributed by atoms with Crippen LogP contribution in [0.5, 0.6) is 0 Å². The van der Waals surface area contributed by atoms with E-state index in [0.717, 1.165) is 44.1 Å². The number of allylic oxidation sites excluding steroid dienone is 2. The Morgan fingerprint density at radius 3 is 2.06 bits per heavy atom. The lowest BCUT2D eigenvalue weighted by atomic mass is 9.43. The van der Waals surface area contributed by atoms with Crippen LogP contribution in [0.3, 0.4) is 0 Å². The van der Waals surface area contributed by atoms with Crippen molar-refractivity contribution in [1.82, 2.24) is 0 Å². The lowest BCUT2D eigenvalue weighted by molar-refractivity contribution is -0.384. The molecule has 2 saturated carbocycles. The molecule has 4 aliphatic carbocycles. The van der Waals surface area contributed by atoms with E-state index in [1.165, 1.54) is 11.1 Å². The SMILES string of the molecule is C=C(CC[C@@H](C)[C@H]1CC[C@@]2(C(=O)O)C3=C(CC[C@]12C)[C@@]1(C)CC[C@H](O[C@@H]2OC[C@H](O)[C@H](O[C@@H]4OC[C@H](O)[C@H](O)[C@H]4O)[C@H]2O[C@@H]2O[C@H](CO)[C@@H](O)[C@H](O)[C@H]2O)C(C)(C)[C@H]1CC3)C(C)C. The third-order valence-electron chi connectivity index (χ3n) is 17.6. The third-order valence-corrected chi connectivity index (χ3v) is 17.6. The highest BCUT2D eigenvalue weighted by Gasteiger charge is 2.68. The zero-order valence-corrected chi connectivity index (χ0v) is 38.2. The van der Waals surface area contributed by atoms with Crippen LogP contribution in [0.1, 0.15) is 113 Å². The summed E-state index contributed by atoms with van der Waals surface area (Å²) in [5, 5.41) is 96.0. The Balaban J connectivity index is 1.15. The van der Waals surface area contributed by atoms with Crippen LogP contribution in [-0.2, 0) is 33.2 Å². The molecule has 7 rings (SSSR count). The molecule has 0 aromatic heterocycles. The van der Waals surface area contributed by atoms with Gasteiger partial charge in [-0.25, -0.2) is 0 Å². The molecule has 20 atom stereocenters. The van der Waals surface area contributed by atoms with Gasteiger partial charge < -0.3 is 74.4 Å². The van der Waals surface area contributed by atoms with E-state index in [9.17, 15) is 50.8 Å². The fraction of sp³-hybridized carbons (Fsp3) is 0.894. The lowest BCUT2D eigenvalue weighted by Crippen LogP contribution is -2.65. The van der Waals surface area contributed by atoms with Gasteiger partial charge in [0.15, 0.2) is 18.9 Å². The molecule has 3 heterocycles. The lowest BCUT2D eigenvalue weighted by Gasteiger charge is -2.62. The molecule has 0 spiro atoms. The summed E-state index contributed by atoms with van der Waals surface area (Å²) in [6.45, 7) is 18.4. The van der Waals surface area contributed by atoms with Crippen molar-refractivity contribution < 1.29 is 79.2 Å². The summed E-state index contributed by atoms with van der Waals surface area (Å²) in [6.07, 6.45) is -12.7. The van der Waals surface area contributed by atoms with Gasteiger partial charge in [0.1, 0.15) is 61.0 Å². The summed E-state index contributed by atoms with van der Waals surface area (Å²) in [6, 6.07) is 0. The normalized spacial score (nSPS) is 48.0. The molecule has 0 radical (unpaired) electrons. The summed E-state index contributed by atoms with van der Waals surface area (Å²) in [5.41, 5.74) is 1.56. The van der Waals surface area contributed by atoms with Crippen molar-refractivity contribution in [1.29, 1.82) is 0 Å². The predicted molar refractivity (Wildman–Crippen MR) is 225 cm³/mol. The largest absolute Gasteiger partial charge is 0.481 e. The number of aliphatic hydroxyl groups excluding tert-OH is 8. The minimum Gasteiger partial charge on any atom is -0.481 e. The first-order chi connectivity index (χ1) is 29.5. The Bertz CT molecular complexity index is 1690. The van der Waals surface area contributed by atoms with Crippen molar-refractivity contribution in [3.8, 4) is 0 Å². The minimum atomic E-state index is -1.82. The first-order valence-corrected chi connectivity index (χ1v) is 23.4. The number of hydrogen-bond donors (Lipinski definition) is 9. The Labute approximate surface area is 371 Å². The van der Waals surface area contributed by atoms with E-state index >= 15 is 0 Å². The molecule has 3 aliphatic heterocycles. The van der Waals surface area contributed by atoms with Gasteiger partial charge in [0.2, 0.25) is 0 Å². The Kier molecular flexibility index (Phi) is 14.5. The number of fused-ring (bicyclic) bond motifs is 4. The molecule has 7 aliphatic rings. The molecular weight excluding hydrogens is 821 g/mol. The van der Waals surface area contributed by atoms with Gasteiger partial charge in [-0.3, -0.25) is 4.79 Å². The number of aliphatic hydroxyl groups is 8. The van der Waals surface area contributed by atoms with Gasteiger partial charge in [0.05, 0.1) is 31.3 Å². The number of carboxylic acids is 1. The zero-order valence-electron chi connectivity index (χ0n) is 38.2. The summed E-state index contributed by atoms with van der Waals surface area (Å²) >= 11 is 0. The van der Waals surface area contributed by atoms with E-state index in [4.69, 9.17) is 28.4 Å². The average Bonchev–Trinajstić information content (AvgIpc) is 3.57. The Hall–Kier alpha value is -1.61. The van der Waals surface area contributed by atoms with E-state index in [2.05, 4.69) is 55.0 Å². The van der Waals surface area contributed by atoms with Crippen LogP contribution in [0, 0.1) is 45.3 Å². The number of rotatable bonds is 13. The molecule has 0 aromatic carbocycles. The summed E-state index contributed by atoms with van der Waals surface area (Å²) in [4.78, 5) is 13.9. The number of ether oxygens (including phenoxy) is 6. The number of carbonyl (C=O) groups is 1. The van der Waals surface area contributed by atoms with E-state index in [0.29, 0.717) is 43.4 Å². The van der Waals surface area contributed by atoms with E-state index in [1.54, 1.807) is 0 Å². The van der Waals surface area contributed by atoms with E-state index < -0.39 is 109 Å². The molecule has 16 nitrogen and oxygen atoms in total. The van der Waals surface area contributed by atoms with Gasteiger partial charge in [0, 0.05) is 0 Å². The van der Waals surface area contributed by atoms with Crippen molar-refractivity contribution in [2.75, 3.05) is 19.8 Å². The molecule has 0 amide bonds. The molecule has 0 bridgehead atoms. The molecular formula is C47H76O16. The zero-order chi connectivity index (χ0) is 46.1. The van der Waals surface area contributed by atoms with Crippen LogP contribution in [0.15, 0.2) is 23.3 Å². The van der Waals surface area contributed by atoms with Crippen LogP contribution < -0.4 is 0 Å². The van der Waals surface area contributed by atoms with Crippen LogP contribution in [0.2, 0.25) is 0 Å². The van der Waals surface area contributed by atoms with Gasteiger partial charge in [0.25, 0.3) is 0 Å². The number of aliphatic carboxylic acids is 1. The van der Waals surface area contributed by atoms with Crippen LogP contribution in [0.25, 0.3) is 0 Å². The maximum absolute atomic E-state index is 13.9. The molecule has 0 unspecified atom stereocenters. The standard InChI is InChI=1S/C47H76O16/c1-22(2)23(3)9-10-24(4)25-14-18-47(43(56)57)27-11-12-31-44(5,6)32(15-16-45(31,7)26(27)13-17-46(25,47)8)61-42-39(63-41-37(55)35(53)34(52)30(19-48)60-41)38(29(50)21-59-42)62-40-36(54)33(51)28(49)20-58-40/h22,24-25,28-42,48-55H,3,9-21H2,1-2,4-8H3,(H,56,57)/t24-,25-,28+,29+,30-,31-,32+,33+,34-,35+,36-,37-,38+,39-,40+,41+,42+,45-,46-,47+/m1/s1. The topological polar surface area (TPSA) is 255 Å². The van der Waals surface area contributed by atoms with Crippen LogP contribution in [-0.4, -0.2) is 158 Å². The highest BCUT2D eigenvalue weighted by atomic mass is 16.8. The minimum absolute atomic E-state index is 0.0839. The molecule has 9 N–H and O–H groups in total. The number of hydrogen-bond acceptors (Lipinski definition) is 15. The maximum Gasteiger partial charge on any atom is 0.314 e. The molecule has 5 fully saturated rings. The average molecular weight is 897 g/mol.